The first-order valence-corrected chi connectivity index (χ1v) is 10.9. The summed E-state index contributed by atoms with van der Waals surface area (Å²) in [4.78, 5) is 28.8. The van der Waals surface area contributed by atoms with Gasteiger partial charge in [-0.1, -0.05) is 24.3 Å². The van der Waals surface area contributed by atoms with E-state index >= 15 is 0 Å². The molecule has 5 rings (SSSR count). The molecule has 1 aromatic heterocycles. The van der Waals surface area contributed by atoms with Crippen molar-refractivity contribution >= 4 is 17.7 Å². The van der Waals surface area contributed by atoms with Gasteiger partial charge in [0, 0.05) is 51.3 Å². The number of carbonyl (C=O) groups is 1. The number of anilines is 2. The van der Waals surface area contributed by atoms with Crippen molar-refractivity contribution in [3.63, 3.8) is 0 Å². The fourth-order valence-corrected chi connectivity index (χ4v) is 4.51. The summed E-state index contributed by atoms with van der Waals surface area (Å²) in [6.07, 6.45) is 1.65. The number of hydrogen-bond donors (Lipinski definition) is 0. The van der Waals surface area contributed by atoms with Crippen LogP contribution in [-0.4, -0.2) is 48.0 Å². The molecule has 0 saturated heterocycles. The molecular weight excluding hydrogens is 405 g/mol. The van der Waals surface area contributed by atoms with Crippen LogP contribution >= 0.6 is 0 Å². The number of fused-ring (bicyclic) bond motifs is 2. The van der Waals surface area contributed by atoms with Crippen LogP contribution in [0.25, 0.3) is 0 Å². The van der Waals surface area contributed by atoms with E-state index in [0.29, 0.717) is 25.1 Å². The highest BCUT2D eigenvalue weighted by molar-refractivity contribution is 5.94. The fourth-order valence-electron chi connectivity index (χ4n) is 4.51. The predicted octanol–water partition coefficient (Wildman–Crippen LogP) is 3.44. The summed E-state index contributed by atoms with van der Waals surface area (Å²) in [5.41, 5.74) is 5.19. The summed E-state index contributed by atoms with van der Waals surface area (Å²) in [6.45, 7) is 2.71. The minimum atomic E-state index is -0.346. The highest BCUT2D eigenvalue weighted by Crippen LogP contribution is 2.30. The zero-order valence-electron chi connectivity index (χ0n) is 18.4. The summed E-state index contributed by atoms with van der Waals surface area (Å²) in [7, 11) is 3.94. The minimum absolute atomic E-state index is 0.0999. The van der Waals surface area contributed by atoms with Crippen molar-refractivity contribution in [1.29, 1.82) is 0 Å². The normalized spacial score (nSPS) is 15.2. The van der Waals surface area contributed by atoms with Crippen LogP contribution in [0.2, 0.25) is 0 Å². The van der Waals surface area contributed by atoms with E-state index in [2.05, 4.69) is 29.2 Å². The maximum absolute atomic E-state index is 13.3. The molecule has 1 amide bonds. The number of aromatic nitrogens is 2. The van der Waals surface area contributed by atoms with Crippen LogP contribution in [0.3, 0.4) is 0 Å². The second-order valence-corrected chi connectivity index (χ2v) is 8.59. The molecule has 2 aromatic carbocycles. The minimum Gasteiger partial charge on any atom is -0.362 e. The molecule has 3 aromatic rings. The molecule has 0 atom stereocenters. The van der Waals surface area contributed by atoms with Gasteiger partial charge in [0.2, 0.25) is 5.95 Å². The summed E-state index contributed by atoms with van der Waals surface area (Å²) < 4.78 is 13.3. The van der Waals surface area contributed by atoms with Gasteiger partial charge in [-0.15, -0.1) is 0 Å². The molecule has 0 bridgehead atoms. The first-order chi connectivity index (χ1) is 15.5. The van der Waals surface area contributed by atoms with Crippen molar-refractivity contribution in [3.8, 4) is 0 Å². The van der Waals surface area contributed by atoms with Gasteiger partial charge in [-0.2, -0.15) is 4.98 Å². The number of carbonyl (C=O) groups excluding carboxylic acids is 1. The predicted molar refractivity (Wildman–Crippen MR) is 122 cm³/mol. The Bertz CT molecular complexity index is 1160. The Morgan fingerprint density at radius 2 is 1.69 bits per heavy atom. The lowest BCUT2D eigenvalue weighted by molar-refractivity contribution is 0.0733. The van der Waals surface area contributed by atoms with E-state index < -0.39 is 0 Å². The lowest BCUT2D eigenvalue weighted by Crippen LogP contribution is -2.38. The molecule has 164 valence electrons. The maximum Gasteiger partial charge on any atom is 0.254 e. The summed E-state index contributed by atoms with van der Waals surface area (Å²) in [6, 6.07) is 14.2. The van der Waals surface area contributed by atoms with Gasteiger partial charge in [-0.25, -0.2) is 9.37 Å². The Kier molecular flexibility index (Phi) is 5.25. The van der Waals surface area contributed by atoms with Gasteiger partial charge in [0.05, 0.1) is 12.2 Å². The SMILES string of the molecule is CN(C)c1nc(N2CCc3ccccc3C2)nc2c1CN(C(=O)c1ccc(F)cc1)CC2. The molecule has 0 unspecified atom stereocenters. The maximum atomic E-state index is 13.3. The Labute approximate surface area is 187 Å². The van der Waals surface area contributed by atoms with Crippen LogP contribution in [0.15, 0.2) is 48.5 Å². The average Bonchev–Trinajstić information content (AvgIpc) is 2.82. The highest BCUT2D eigenvalue weighted by atomic mass is 19.1. The largest absolute Gasteiger partial charge is 0.362 e. The van der Waals surface area contributed by atoms with E-state index in [0.717, 1.165) is 42.5 Å². The Morgan fingerprint density at radius 1 is 0.938 bits per heavy atom. The first kappa shape index (κ1) is 20.4. The number of nitrogens with zero attached hydrogens (tertiary/aromatic N) is 5. The molecule has 0 fully saturated rings. The van der Waals surface area contributed by atoms with Crippen LogP contribution in [0.5, 0.6) is 0 Å². The van der Waals surface area contributed by atoms with E-state index in [4.69, 9.17) is 9.97 Å². The lowest BCUT2D eigenvalue weighted by Gasteiger charge is -2.34. The molecule has 0 spiro atoms. The zero-order valence-corrected chi connectivity index (χ0v) is 18.4. The Hall–Kier alpha value is -3.48. The molecular formula is C25H26FN5O. The third-order valence-electron chi connectivity index (χ3n) is 6.24. The van der Waals surface area contributed by atoms with Gasteiger partial charge in [-0.05, 0) is 41.8 Å². The molecule has 0 aliphatic carbocycles. The number of amides is 1. The van der Waals surface area contributed by atoms with Gasteiger partial charge in [0.15, 0.2) is 0 Å². The van der Waals surface area contributed by atoms with Crippen LogP contribution in [0, 0.1) is 5.82 Å². The second-order valence-electron chi connectivity index (χ2n) is 8.59. The number of hydrogen-bond acceptors (Lipinski definition) is 5. The number of halogens is 1. The third kappa shape index (κ3) is 3.79. The van der Waals surface area contributed by atoms with Crippen LogP contribution in [0.1, 0.15) is 32.7 Å². The summed E-state index contributed by atoms with van der Waals surface area (Å²) >= 11 is 0. The van der Waals surface area contributed by atoms with Crippen LogP contribution < -0.4 is 9.80 Å². The molecule has 2 aliphatic heterocycles. The van der Waals surface area contributed by atoms with Gasteiger partial charge in [0.1, 0.15) is 11.6 Å². The quantitative estimate of drug-likeness (QED) is 0.636. The molecule has 7 heteroatoms. The molecule has 6 nitrogen and oxygen atoms in total. The van der Waals surface area contributed by atoms with Crippen LogP contribution in [0.4, 0.5) is 16.2 Å². The van der Waals surface area contributed by atoms with Crippen LogP contribution in [-0.2, 0) is 25.9 Å². The topological polar surface area (TPSA) is 52.6 Å². The third-order valence-corrected chi connectivity index (χ3v) is 6.24. The van der Waals surface area contributed by atoms with E-state index in [-0.39, 0.29) is 11.7 Å². The van der Waals surface area contributed by atoms with E-state index in [1.165, 1.54) is 35.4 Å². The van der Waals surface area contributed by atoms with E-state index in [9.17, 15) is 9.18 Å². The number of benzene rings is 2. The van der Waals surface area contributed by atoms with Gasteiger partial charge >= 0.3 is 0 Å². The smallest absolute Gasteiger partial charge is 0.254 e. The lowest BCUT2D eigenvalue weighted by atomic mass is 10.00. The Balaban J connectivity index is 1.43. The Morgan fingerprint density at radius 3 is 2.44 bits per heavy atom. The van der Waals surface area contributed by atoms with Crippen molar-refractivity contribution in [2.24, 2.45) is 0 Å². The summed E-state index contributed by atoms with van der Waals surface area (Å²) in [5.74, 6) is 1.15. The van der Waals surface area contributed by atoms with Crippen molar-refractivity contribution in [2.75, 3.05) is 37.0 Å². The standard InChI is InChI=1S/C25H26FN5O/c1-29(2)23-21-16-30(24(32)18-7-9-20(26)10-8-18)14-12-22(21)27-25(28-23)31-13-11-17-5-3-4-6-19(17)15-31/h3-10H,11-16H2,1-2H3. The molecule has 32 heavy (non-hydrogen) atoms. The summed E-state index contributed by atoms with van der Waals surface area (Å²) in [5, 5.41) is 0. The van der Waals surface area contributed by atoms with E-state index in [1.807, 2.05) is 19.0 Å². The monoisotopic (exact) mass is 431 g/mol. The van der Waals surface area contributed by atoms with Gasteiger partial charge in [0.25, 0.3) is 5.91 Å². The van der Waals surface area contributed by atoms with Gasteiger partial charge < -0.3 is 14.7 Å². The molecule has 2 aliphatic rings. The molecule has 0 radical (unpaired) electrons. The van der Waals surface area contributed by atoms with Crippen molar-refractivity contribution in [3.05, 3.63) is 82.3 Å². The van der Waals surface area contributed by atoms with Crippen molar-refractivity contribution in [2.45, 2.75) is 25.9 Å². The fraction of sp³-hybridized carbons (Fsp3) is 0.320. The second kappa shape index (κ2) is 8.22. The highest BCUT2D eigenvalue weighted by Gasteiger charge is 2.28. The first-order valence-electron chi connectivity index (χ1n) is 10.9. The van der Waals surface area contributed by atoms with Gasteiger partial charge in [-0.3, -0.25) is 4.79 Å². The molecule has 0 saturated carbocycles. The van der Waals surface area contributed by atoms with Crippen molar-refractivity contribution in [1.82, 2.24) is 14.9 Å². The molecule has 3 heterocycles. The number of rotatable bonds is 3. The zero-order chi connectivity index (χ0) is 22.2. The van der Waals surface area contributed by atoms with E-state index in [1.54, 1.807) is 4.90 Å². The molecule has 0 N–H and O–H groups in total. The van der Waals surface area contributed by atoms with Crippen molar-refractivity contribution < 1.29 is 9.18 Å². The average molecular weight is 432 g/mol.